The fourth-order valence-corrected chi connectivity index (χ4v) is 3.78. The molecule has 1 saturated heterocycles. The Kier molecular flexibility index (Phi) is 4.25. The molecule has 0 aromatic heterocycles. The first kappa shape index (κ1) is 13.6. The van der Waals surface area contributed by atoms with E-state index in [0.29, 0.717) is 6.04 Å². The highest BCUT2D eigenvalue weighted by molar-refractivity contribution is 9.10. The topological polar surface area (TPSA) is 15.3 Å². The lowest BCUT2D eigenvalue weighted by Gasteiger charge is -2.34. The molecule has 0 bridgehead atoms. The average molecular weight is 323 g/mol. The van der Waals surface area contributed by atoms with Crippen molar-refractivity contribution in [1.29, 1.82) is 0 Å². The normalized spacial score (nSPS) is 25.3. The second-order valence-electron chi connectivity index (χ2n) is 6.10. The molecule has 0 radical (unpaired) electrons. The predicted molar refractivity (Wildman–Crippen MR) is 83.6 cm³/mol. The molecular formula is C16H23BrN2. The first-order valence-corrected chi connectivity index (χ1v) is 8.22. The van der Waals surface area contributed by atoms with E-state index in [-0.39, 0.29) is 0 Å². The van der Waals surface area contributed by atoms with E-state index >= 15 is 0 Å². The number of nitrogens with zero attached hydrogens (tertiary/aromatic N) is 1. The number of rotatable bonds is 2. The van der Waals surface area contributed by atoms with Gasteiger partial charge in [-0.05, 0) is 75.5 Å². The molecule has 0 amide bonds. The van der Waals surface area contributed by atoms with E-state index in [4.69, 9.17) is 0 Å². The number of piperidine rings is 1. The summed E-state index contributed by atoms with van der Waals surface area (Å²) in [5.41, 5.74) is 3.08. The van der Waals surface area contributed by atoms with Gasteiger partial charge in [0.25, 0.3) is 0 Å². The highest BCUT2D eigenvalue weighted by Gasteiger charge is 2.23. The maximum absolute atomic E-state index is 3.90. The van der Waals surface area contributed by atoms with Gasteiger partial charge >= 0.3 is 0 Å². The van der Waals surface area contributed by atoms with E-state index in [9.17, 15) is 0 Å². The number of benzene rings is 1. The van der Waals surface area contributed by atoms with Gasteiger partial charge in [-0.25, -0.2) is 0 Å². The van der Waals surface area contributed by atoms with Crippen molar-refractivity contribution in [1.82, 2.24) is 10.2 Å². The maximum atomic E-state index is 3.90. The third-order valence-electron chi connectivity index (χ3n) is 4.59. The van der Waals surface area contributed by atoms with Crippen molar-refractivity contribution in [3.8, 4) is 0 Å². The molecular weight excluding hydrogens is 300 g/mol. The van der Waals surface area contributed by atoms with Crippen LogP contribution in [-0.4, -0.2) is 37.1 Å². The van der Waals surface area contributed by atoms with Crippen LogP contribution in [0.2, 0.25) is 0 Å². The van der Waals surface area contributed by atoms with Crippen LogP contribution in [0.4, 0.5) is 0 Å². The highest BCUT2D eigenvalue weighted by atomic mass is 79.9. The van der Waals surface area contributed by atoms with Crippen molar-refractivity contribution in [2.45, 2.75) is 44.2 Å². The first-order chi connectivity index (χ1) is 9.20. The molecule has 1 aromatic rings. The Morgan fingerprint density at radius 1 is 1.11 bits per heavy atom. The highest BCUT2D eigenvalue weighted by Crippen LogP contribution is 2.25. The predicted octanol–water partition coefficient (Wildman–Crippen LogP) is 2.99. The smallest absolute Gasteiger partial charge is 0.0178 e. The second-order valence-corrected chi connectivity index (χ2v) is 7.01. The molecule has 0 spiro atoms. The Balaban J connectivity index is 1.58. The number of aryl methyl sites for hydroxylation is 1. The summed E-state index contributed by atoms with van der Waals surface area (Å²) in [6, 6.07) is 8.18. The van der Waals surface area contributed by atoms with Gasteiger partial charge in [-0.15, -0.1) is 0 Å². The van der Waals surface area contributed by atoms with Crippen LogP contribution >= 0.6 is 15.9 Å². The summed E-state index contributed by atoms with van der Waals surface area (Å²) < 4.78 is 1.22. The lowest BCUT2D eigenvalue weighted by atomic mass is 9.87. The molecule has 1 atom stereocenters. The van der Waals surface area contributed by atoms with Crippen LogP contribution in [0.1, 0.15) is 30.4 Å². The molecule has 1 heterocycles. The molecule has 1 aliphatic heterocycles. The van der Waals surface area contributed by atoms with E-state index in [1.807, 2.05) is 0 Å². The molecule has 0 saturated carbocycles. The minimum Gasteiger partial charge on any atom is -0.311 e. The summed E-state index contributed by atoms with van der Waals surface area (Å²) in [4.78, 5) is 2.44. The fourth-order valence-electron chi connectivity index (χ4n) is 3.37. The summed E-state index contributed by atoms with van der Waals surface area (Å²) >= 11 is 3.57. The molecule has 1 fully saturated rings. The zero-order valence-corrected chi connectivity index (χ0v) is 13.2. The van der Waals surface area contributed by atoms with Gasteiger partial charge in [-0.1, -0.05) is 22.0 Å². The Bertz CT molecular complexity index is 438. The van der Waals surface area contributed by atoms with Gasteiger partial charge in [0.1, 0.15) is 0 Å². The number of fused-ring (bicyclic) bond motifs is 1. The molecule has 104 valence electrons. The van der Waals surface area contributed by atoms with Crippen molar-refractivity contribution >= 4 is 15.9 Å². The summed E-state index contributed by atoms with van der Waals surface area (Å²) in [6.07, 6.45) is 6.32. The molecule has 1 N–H and O–H groups in total. The van der Waals surface area contributed by atoms with Gasteiger partial charge in [0.2, 0.25) is 0 Å². The molecule has 3 rings (SSSR count). The minimum atomic E-state index is 0.682. The van der Waals surface area contributed by atoms with E-state index in [1.165, 1.54) is 55.2 Å². The summed E-state index contributed by atoms with van der Waals surface area (Å²) in [5, 5.41) is 3.90. The van der Waals surface area contributed by atoms with Crippen LogP contribution < -0.4 is 5.32 Å². The van der Waals surface area contributed by atoms with Crippen molar-refractivity contribution in [2.75, 3.05) is 20.1 Å². The van der Waals surface area contributed by atoms with Crippen LogP contribution in [0.25, 0.3) is 0 Å². The standard InChI is InChI=1S/C16H23BrN2/c1-19-8-6-15(7-9-19)18-16-5-3-12-10-14(17)4-2-13(12)11-16/h2,4,10,15-16,18H,3,5-9,11H2,1H3. The van der Waals surface area contributed by atoms with Crippen molar-refractivity contribution in [2.24, 2.45) is 0 Å². The fraction of sp³-hybridized carbons (Fsp3) is 0.625. The van der Waals surface area contributed by atoms with E-state index < -0.39 is 0 Å². The van der Waals surface area contributed by atoms with Crippen LogP contribution in [0, 0.1) is 0 Å². The van der Waals surface area contributed by atoms with Gasteiger partial charge < -0.3 is 10.2 Å². The average Bonchev–Trinajstić information content (AvgIpc) is 2.42. The molecule has 1 unspecified atom stereocenters. The van der Waals surface area contributed by atoms with Gasteiger partial charge in [0, 0.05) is 16.6 Å². The lowest BCUT2D eigenvalue weighted by molar-refractivity contribution is 0.220. The van der Waals surface area contributed by atoms with Gasteiger partial charge in [0.15, 0.2) is 0 Å². The van der Waals surface area contributed by atoms with E-state index in [1.54, 1.807) is 5.56 Å². The number of hydrogen-bond donors (Lipinski definition) is 1. The van der Waals surface area contributed by atoms with Crippen LogP contribution in [0.3, 0.4) is 0 Å². The summed E-state index contributed by atoms with van der Waals surface area (Å²) in [5.74, 6) is 0. The maximum Gasteiger partial charge on any atom is 0.0178 e. The minimum absolute atomic E-state index is 0.682. The third kappa shape index (κ3) is 3.39. The Morgan fingerprint density at radius 2 is 1.89 bits per heavy atom. The molecule has 2 nitrogen and oxygen atoms in total. The zero-order chi connectivity index (χ0) is 13.2. The first-order valence-electron chi connectivity index (χ1n) is 7.42. The van der Waals surface area contributed by atoms with Crippen molar-refractivity contribution in [3.63, 3.8) is 0 Å². The van der Waals surface area contributed by atoms with Gasteiger partial charge in [0.05, 0.1) is 0 Å². The van der Waals surface area contributed by atoms with Crippen LogP contribution in [-0.2, 0) is 12.8 Å². The summed E-state index contributed by atoms with van der Waals surface area (Å²) in [7, 11) is 2.23. The van der Waals surface area contributed by atoms with E-state index in [0.717, 1.165) is 6.04 Å². The molecule has 19 heavy (non-hydrogen) atoms. The Morgan fingerprint density at radius 3 is 2.68 bits per heavy atom. The summed E-state index contributed by atoms with van der Waals surface area (Å²) in [6.45, 7) is 2.49. The molecule has 2 aliphatic rings. The molecule has 3 heteroatoms. The Hall–Kier alpha value is -0.380. The lowest BCUT2D eigenvalue weighted by Crippen LogP contribution is -2.46. The largest absolute Gasteiger partial charge is 0.311 e. The third-order valence-corrected chi connectivity index (χ3v) is 5.08. The van der Waals surface area contributed by atoms with Crippen molar-refractivity contribution < 1.29 is 0 Å². The van der Waals surface area contributed by atoms with Crippen LogP contribution in [0.15, 0.2) is 22.7 Å². The SMILES string of the molecule is CN1CCC(NC2CCc3cc(Br)ccc3C2)CC1. The number of hydrogen-bond acceptors (Lipinski definition) is 2. The van der Waals surface area contributed by atoms with E-state index in [2.05, 4.69) is 51.4 Å². The zero-order valence-electron chi connectivity index (χ0n) is 11.7. The van der Waals surface area contributed by atoms with Gasteiger partial charge in [-0.2, -0.15) is 0 Å². The number of nitrogens with one attached hydrogen (secondary N) is 1. The monoisotopic (exact) mass is 322 g/mol. The number of likely N-dealkylation sites (tertiary alicyclic amines) is 1. The second kappa shape index (κ2) is 5.94. The molecule has 1 aliphatic carbocycles. The van der Waals surface area contributed by atoms with Crippen molar-refractivity contribution in [3.05, 3.63) is 33.8 Å². The van der Waals surface area contributed by atoms with Crippen LogP contribution in [0.5, 0.6) is 0 Å². The molecule has 1 aromatic carbocycles. The number of halogens is 1. The van der Waals surface area contributed by atoms with Gasteiger partial charge in [-0.3, -0.25) is 0 Å². The Labute approximate surface area is 124 Å². The quantitative estimate of drug-likeness (QED) is 0.900.